The van der Waals surface area contributed by atoms with Crippen molar-refractivity contribution in [1.29, 1.82) is 0 Å². The highest BCUT2D eigenvalue weighted by atomic mass is 79.9. The zero-order chi connectivity index (χ0) is 12.4. The van der Waals surface area contributed by atoms with Crippen LogP contribution in [0.3, 0.4) is 0 Å². The Balaban J connectivity index is 2.39. The monoisotopic (exact) mass is 332 g/mol. The van der Waals surface area contributed by atoms with Crippen LogP contribution in [0.15, 0.2) is 34.1 Å². The molecule has 17 heavy (non-hydrogen) atoms. The number of thiophene rings is 1. The first-order chi connectivity index (χ1) is 8.06. The lowest BCUT2D eigenvalue weighted by Crippen LogP contribution is -2.00. The molecule has 0 unspecified atom stereocenters. The molecule has 0 aliphatic rings. The molecule has 6 heteroatoms. The highest BCUT2D eigenvalue weighted by molar-refractivity contribution is 9.11. The van der Waals surface area contributed by atoms with E-state index < -0.39 is 6.16 Å². The van der Waals surface area contributed by atoms with Crippen LogP contribution in [0, 0.1) is 0 Å². The summed E-state index contributed by atoms with van der Waals surface area (Å²) in [4.78, 5) is 10.4. The van der Waals surface area contributed by atoms with Gasteiger partial charge in [-0.2, -0.15) is 0 Å². The van der Waals surface area contributed by atoms with Gasteiger partial charge in [0.15, 0.2) is 5.06 Å². The fraction of sp³-hybridized carbons (Fsp3) is 0. The van der Waals surface area contributed by atoms with Gasteiger partial charge in [0.2, 0.25) is 0 Å². The Morgan fingerprint density at radius 3 is 2.82 bits per heavy atom. The van der Waals surface area contributed by atoms with E-state index in [0.717, 1.165) is 14.9 Å². The predicted octanol–water partition coefficient (Wildman–Crippen LogP) is 4.89. The van der Waals surface area contributed by atoms with E-state index in [1.165, 1.54) is 11.3 Å². The molecule has 0 atom stereocenters. The summed E-state index contributed by atoms with van der Waals surface area (Å²) in [6.07, 6.45) is -1.32. The molecular weight excluding hydrogens is 328 g/mol. The fourth-order valence-electron chi connectivity index (χ4n) is 1.34. The van der Waals surface area contributed by atoms with Crippen LogP contribution in [0.4, 0.5) is 4.79 Å². The minimum atomic E-state index is -1.32. The van der Waals surface area contributed by atoms with Crippen molar-refractivity contribution in [1.82, 2.24) is 0 Å². The molecule has 0 saturated carbocycles. The Kier molecular flexibility index (Phi) is 3.71. The SMILES string of the molecule is O=C(O)Oc1cc(-c2cccc(Cl)c2)c(Br)s1. The van der Waals surface area contributed by atoms with Crippen molar-refractivity contribution in [3.8, 4) is 16.2 Å². The van der Waals surface area contributed by atoms with Crippen LogP contribution in [0.5, 0.6) is 5.06 Å². The molecule has 0 aliphatic carbocycles. The van der Waals surface area contributed by atoms with E-state index in [9.17, 15) is 4.79 Å². The maximum absolute atomic E-state index is 10.4. The van der Waals surface area contributed by atoms with Gasteiger partial charge in [0.25, 0.3) is 0 Å². The summed E-state index contributed by atoms with van der Waals surface area (Å²) in [5.41, 5.74) is 1.76. The van der Waals surface area contributed by atoms with Gasteiger partial charge in [-0.25, -0.2) is 4.79 Å². The van der Waals surface area contributed by atoms with E-state index in [0.29, 0.717) is 10.1 Å². The van der Waals surface area contributed by atoms with Crippen LogP contribution in [0.25, 0.3) is 11.1 Å². The number of carboxylic acid groups (broad SMARTS) is 1. The summed E-state index contributed by atoms with van der Waals surface area (Å²) in [5.74, 6) is 0. The number of hydrogen-bond donors (Lipinski definition) is 1. The van der Waals surface area contributed by atoms with Gasteiger partial charge in [-0.15, -0.1) is 0 Å². The lowest BCUT2D eigenvalue weighted by molar-refractivity contribution is 0.146. The molecule has 2 rings (SSSR count). The second kappa shape index (κ2) is 5.08. The largest absolute Gasteiger partial charge is 0.512 e. The normalized spacial score (nSPS) is 10.2. The smallest absolute Gasteiger partial charge is 0.449 e. The number of ether oxygens (including phenoxy) is 1. The second-order valence-corrected chi connectivity index (χ2v) is 5.90. The molecule has 1 aromatic heterocycles. The number of halogens is 2. The number of carbonyl (C=O) groups is 1. The Morgan fingerprint density at radius 1 is 1.41 bits per heavy atom. The zero-order valence-corrected chi connectivity index (χ0v) is 11.5. The third-order valence-electron chi connectivity index (χ3n) is 1.99. The van der Waals surface area contributed by atoms with Crippen LogP contribution in [0.1, 0.15) is 0 Å². The van der Waals surface area contributed by atoms with E-state index in [4.69, 9.17) is 16.7 Å². The van der Waals surface area contributed by atoms with E-state index in [2.05, 4.69) is 20.7 Å². The predicted molar refractivity (Wildman–Crippen MR) is 71.1 cm³/mol. The minimum Gasteiger partial charge on any atom is -0.449 e. The zero-order valence-electron chi connectivity index (χ0n) is 8.31. The number of rotatable bonds is 2. The van der Waals surface area contributed by atoms with Crippen LogP contribution in [0.2, 0.25) is 5.02 Å². The van der Waals surface area contributed by atoms with Gasteiger partial charge in [-0.3, -0.25) is 0 Å². The molecular formula is C11H6BrClO3S. The molecule has 0 bridgehead atoms. The topological polar surface area (TPSA) is 46.5 Å². The van der Waals surface area contributed by atoms with Crippen LogP contribution >= 0.6 is 38.9 Å². The van der Waals surface area contributed by atoms with Gasteiger partial charge in [-0.05, 0) is 33.6 Å². The summed E-state index contributed by atoms with van der Waals surface area (Å²) in [6, 6.07) is 8.97. The molecule has 0 aliphatic heterocycles. The van der Waals surface area contributed by atoms with Crippen LogP contribution < -0.4 is 4.74 Å². The first kappa shape index (κ1) is 12.4. The number of hydrogen-bond acceptors (Lipinski definition) is 3. The van der Waals surface area contributed by atoms with Crippen molar-refractivity contribution in [2.75, 3.05) is 0 Å². The first-order valence-electron chi connectivity index (χ1n) is 4.52. The lowest BCUT2D eigenvalue weighted by atomic mass is 10.1. The van der Waals surface area contributed by atoms with Gasteiger partial charge >= 0.3 is 6.16 Å². The number of benzene rings is 1. The van der Waals surface area contributed by atoms with Crippen LogP contribution in [-0.4, -0.2) is 11.3 Å². The highest BCUT2D eigenvalue weighted by Crippen LogP contribution is 2.40. The molecule has 0 saturated heterocycles. The quantitative estimate of drug-likeness (QED) is 0.796. The lowest BCUT2D eigenvalue weighted by Gasteiger charge is -1.99. The van der Waals surface area contributed by atoms with E-state index in [-0.39, 0.29) is 0 Å². The molecule has 2 aromatic rings. The highest BCUT2D eigenvalue weighted by Gasteiger charge is 2.12. The summed E-state index contributed by atoms with van der Waals surface area (Å²) < 4.78 is 5.40. The van der Waals surface area contributed by atoms with E-state index in [1.807, 2.05) is 12.1 Å². The Labute approximate surface area is 115 Å². The van der Waals surface area contributed by atoms with Crippen molar-refractivity contribution in [2.24, 2.45) is 0 Å². The summed E-state index contributed by atoms with van der Waals surface area (Å²) in [5, 5.41) is 9.47. The summed E-state index contributed by atoms with van der Waals surface area (Å²) in [6.45, 7) is 0. The van der Waals surface area contributed by atoms with Gasteiger partial charge in [0, 0.05) is 16.7 Å². The van der Waals surface area contributed by atoms with Gasteiger partial charge < -0.3 is 9.84 Å². The first-order valence-corrected chi connectivity index (χ1v) is 6.51. The average Bonchev–Trinajstić information content (AvgIpc) is 2.58. The maximum Gasteiger partial charge on any atom is 0.512 e. The van der Waals surface area contributed by atoms with Crippen molar-refractivity contribution >= 4 is 45.0 Å². The molecule has 0 amide bonds. The molecule has 1 aromatic carbocycles. The summed E-state index contributed by atoms with van der Waals surface area (Å²) >= 11 is 10.5. The molecule has 1 heterocycles. The molecule has 1 N–H and O–H groups in total. The van der Waals surface area contributed by atoms with Crippen molar-refractivity contribution in [3.05, 3.63) is 39.1 Å². The van der Waals surface area contributed by atoms with Gasteiger partial charge in [0.05, 0.1) is 3.79 Å². The third kappa shape index (κ3) is 3.00. The molecule has 0 radical (unpaired) electrons. The molecule has 88 valence electrons. The average molecular weight is 334 g/mol. The Bertz CT molecular complexity index is 568. The van der Waals surface area contributed by atoms with Crippen molar-refractivity contribution in [3.63, 3.8) is 0 Å². The van der Waals surface area contributed by atoms with E-state index >= 15 is 0 Å². The van der Waals surface area contributed by atoms with Gasteiger partial charge in [0.1, 0.15) is 0 Å². The standard InChI is InChI=1S/C11H6BrClO3S/c12-10-8(5-9(17-10)16-11(14)15)6-2-1-3-7(13)4-6/h1-5H,(H,14,15). The second-order valence-electron chi connectivity index (χ2n) is 3.13. The Hall–Kier alpha value is -1.04. The maximum atomic E-state index is 10.4. The van der Waals surface area contributed by atoms with Crippen LogP contribution in [-0.2, 0) is 0 Å². The molecule has 0 fully saturated rings. The van der Waals surface area contributed by atoms with Crippen molar-refractivity contribution < 1.29 is 14.6 Å². The fourth-order valence-corrected chi connectivity index (χ4v) is 3.10. The van der Waals surface area contributed by atoms with Gasteiger partial charge in [-0.1, -0.05) is 35.1 Å². The van der Waals surface area contributed by atoms with E-state index in [1.54, 1.807) is 18.2 Å². The minimum absolute atomic E-state index is 0.319. The van der Waals surface area contributed by atoms with Crippen molar-refractivity contribution in [2.45, 2.75) is 0 Å². The Morgan fingerprint density at radius 2 is 2.18 bits per heavy atom. The third-order valence-corrected chi connectivity index (χ3v) is 3.94. The molecule has 3 nitrogen and oxygen atoms in total. The summed E-state index contributed by atoms with van der Waals surface area (Å²) in [7, 11) is 0. The molecule has 0 spiro atoms.